The maximum Gasteiger partial charge on any atom is 0.241 e. The maximum absolute atomic E-state index is 12.8. The molecule has 1 N–H and O–H groups in total. The summed E-state index contributed by atoms with van der Waals surface area (Å²) in [6.07, 6.45) is 0. The number of carbonyl (C=O) groups is 2. The van der Waals surface area contributed by atoms with Gasteiger partial charge in [-0.05, 0) is 24.7 Å². The number of rotatable bonds is 6. The number of nitrogens with zero attached hydrogens (tertiary/aromatic N) is 2. The fourth-order valence-corrected chi connectivity index (χ4v) is 1.59. The van der Waals surface area contributed by atoms with Crippen LogP contribution in [-0.2, 0) is 16.1 Å². The Labute approximate surface area is 118 Å². The maximum atomic E-state index is 12.8. The summed E-state index contributed by atoms with van der Waals surface area (Å²) in [5, 5.41) is 2.56. The molecule has 0 aliphatic heterocycles. The number of hydrogen-bond donors (Lipinski definition) is 1. The van der Waals surface area contributed by atoms with Gasteiger partial charge in [0.2, 0.25) is 11.8 Å². The third kappa shape index (κ3) is 5.79. The van der Waals surface area contributed by atoms with Crippen LogP contribution in [0.25, 0.3) is 0 Å². The van der Waals surface area contributed by atoms with E-state index < -0.39 is 0 Å². The number of benzene rings is 1. The second kappa shape index (κ2) is 7.59. The molecule has 20 heavy (non-hydrogen) atoms. The van der Waals surface area contributed by atoms with Crippen LogP contribution < -0.4 is 5.32 Å². The molecule has 6 heteroatoms. The van der Waals surface area contributed by atoms with Crippen LogP contribution in [0.2, 0.25) is 0 Å². The predicted molar refractivity (Wildman–Crippen MR) is 74.4 cm³/mol. The van der Waals surface area contributed by atoms with Crippen molar-refractivity contribution >= 4 is 11.8 Å². The molecule has 0 heterocycles. The van der Waals surface area contributed by atoms with Crippen LogP contribution in [0.1, 0.15) is 5.56 Å². The van der Waals surface area contributed by atoms with Crippen molar-refractivity contribution in [1.29, 1.82) is 0 Å². The summed E-state index contributed by atoms with van der Waals surface area (Å²) >= 11 is 0. The quantitative estimate of drug-likeness (QED) is 0.824. The van der Waals surface area contributed by atoms with Gasteiger partial charge in [-0.1, -0.05) is 12.1 Å². The van der Waals surface area contributed by atoms with Gasteiger partial charge in [-0.3, -0.25) is 14.5 Å². The number of hydrogen-bond acceptors (Lipinski definition) is 3. The number of amides is 2. The zero-order chi connectivity index (χ0) is 15.1. The van der Waals surface area contributed by atoms with Crippen molar-refractivity contribution in [2.45, 2.75) is 6.54 Å². The average molecular weight is 281 g/mol. The minimum Gasteiger partial charge on any atom is -0.347 e. The second-order valence-electron chi connectivity index (χ2n) is 4.86. The number of nitrogens with one attached hydrogen (secondary N) is 1. The SMILES string of the molecule is CN(CC(=O)NCC(=O)N(C)C)Cc1ccc(F)cc1. The Bertz CT molecular complexity index is 460. The van der Waals surface area contributed by atoms with Crippen molar-refractivity contribution in [2.24, 2.45) is 0 Å². The summed E-state index contributed by atoms with van der Waals surface area (Å²) < 4.78 is 12.8. The highest BCUT2D eigenvalue weighted by atomic mass is 19.1. The average Bonchev–Trinajstić information content (AvgIpc) is 2.38. The molecule has 0 saturated heterocycles. The molecule has 0 fully saturated rings. The summed E-state index contributed by atoms with van der Waals surface area (Å²) in [4.78, 5) is 26.2. The lowest BCUT2D eigenvalue weighted by molar-refractivity contribution is -0.131. The van der Waals surface area contributed by atoms with Crippen LogP contribution in [0.3, 0.4) is 0 Å². The van der Waals surface area contributed by atoms with Gasteiger partial charge in [-0.25, -0.2) is 4.39 Å². The smallest absolute Gasteiger partial charge is 0.241 e. The first-order valence-corrected chi connectivity index (χ1v) is 6.28. The van der Waals surface area contributed by atoms with Gasteiger partial charge in [-0.2, -0.15) is 0 Å². The fraction of sp³-hybridized carbons (Fsp3) is 0.429. The van der Waals surface area contributed by atoms with Gasteiger partial charge in [0, 0.05) is 20.6 Å². The van der Waals surface area contributed by atoms with Gasteiger partial charge < -0.3 is 10.2 Å². The molecule has 5 nitrogen and oxygen atoms in total. The van der Waals surface area contributed by atoms with Crippen molar-refractivity contribution in [1.82, 2.24) is 15.1 Å². The van der Waals surface area contributed by atoms with Gasteiger partial charge in [0.15, 0.2) is 0 Å². The molecular weight excluding hydrogens is 261 g/mol. The second-order valence-corrected chi connectivity index (χ2v) is 4.86. The number of halogens is 1. The summed E-state index contributed by atoms with van der Waals surface area (Å²) in [5.74, 6) is -0.652. The monoisotopic (exact) mass is 281 g/mol. The van der Waals surface area contributed by atoms with Crippen molar-refractivity contribution in [3.05, 3.63) is 35.6 Å². The Hall–Kier alpha value is -1.95. The minimum absolute atomic E-state index is 0.00375. The molecule has 1 rings (SSSR count). The number of likely N-dealkylation sites (N-methyl/N-ethyl adjacent to an activating group) is 2. The molecule has 0 aromatic heterocycles. The molecule has 0 saturated carbocycles. The van der Waals surface area contributed by atoms with Gasteiger partial charge in [0.25, 0.3) is 0 Å². The Kier molecular flexibility index (Phi) is 6.11. The van der Waals surface area contributed by atoms with Crippen molar-refractivity contribution in [3.63, 3.8) is 0 Å². The van der Waals surface area contributed by atoms with Crippen LogP contribution in [-0.4, -0.2) is 55.8 Å². The minimum atomic E-state index is -0.281. The van der Waals surface area contributed by atoms with E-state index in [4.69, 9.17) is 0 Å². The van der Waals surface area contributed by atoms with E-state index in [9.17, 15) is 14.0 Å². The molecule has 2 amide bonds. The van der Waals surface area contributed by atoms with E-state index in [1.807, 2.05) is 0 Å². The highest BCUT2D eigenvalue weighted by Gasteiger charge is 2.09. The van der Waals surface area contributed by atoms with Gasteiger partial charge in [0.1, 0.15) is 5.82 Å². The summed E-state index contributed by atoms with van der Waals surface area (Å²) in [6, 6.07) is 6.14. The largest absolute Gasteiger partial charge is 0.347 e. The van der Waals surface area contributed by atoms with E-state index in [1.54, 1.807) is 38.2 Å². The van der Waals surface area contributed by atoms with E-state index in [-0.39, 0.29) is 30.7 Å². The fourth-order valence-electron chi connectivity index (χ4n) is 1.59. The third-order valence-corrected chi connectivity index (χ3v) is 2.71. The van der Waals surface area contributed by atoms with E-state index >= 15 is 0 Å². The van der Waals surface area contributed by atoms with E-state index in [1.165, 1.54) is 17.0 Å². The molecule has 0 spiro atoms. The molecule has 1 aromatic rings. The van der Waals surface area contributed by atoms with Crippen molar-refractivity contribution in [2.75, 3.05) is 34.2 Å². The Balaban J connectivity index is 2.34. The molecule has 110 valence electrons. The third-order valence-electron chi connectivity index (χ3n) is 2.71. The normalized spacial score (nSPS) is 10.4. The molecule has 0 bridgehead atoms. The highest BCUT2D eigenvalue weighted by molar-refractivity contribution is 5.85. The lowest BCUT2D eigenvalue weighted by atomic mass is 10.2. The molecular formula is C14H20FN3O2. The topological polar surface area (TPSA) is 52.7 Å². The lowest BCUT2D eigenvalue weighted by Crippen LogP contribution is -2.40. The molecule has 0 aliphatic rings. The predicted octanol–water partition coefficient (Wildman–Crippen LogP) is 0.462. The molecule has 0 atom stereocenters. The molecule has 0 unspecified atom stereocenters. The number of carbonyl (C=O) groups excluding carboxylic acids is 2. The van der Waals surface area contributed by atoms with Crippen LogP contribution in [0.5, 0.6) is 0 Å². The molecule has 1 aromatic carbocycles. The van der Waals surface area contributed by atoms with E-state index in [0.29, 0.717) is 6.54 Å². The Morgan fingerprint density at radius 2 is 1.75 bits per heavy atom. The molecule has 0 aliphatic carbocycles. The Morgan fingerprint density at radius 3 is 2.30 bits per heavy atom. The van der Waals surface area contributed by atoms with Crippen molar-refractivity contribution in [3.8, 4) is 0 Å². The van der Waals surface area contributed by atoms with E-state index in [0.717, 1.165) is 5.56 Å². The van der Waals surface area contributed by atoms with Crippen molar-refractivity contribution < 1.29 is 14.0 Å². The van der Waals surface area contributed by atoms with Crippen LogP contribution >= 0.6 is 0 Å². The zero-order valence-electron chi connectivity index (χ0n) is 12.0. The standard InChI is InChI=1S/C14H20FN3O2/c1-17(2)14(20)8-16-13(19)10-18(3)9-11-4-6-12(15)7-5-11/h4-7H,8-10H2,1-3H3,(H,16,19). The highest BCUT2D eigenvalue weighted by Crippen LogP contribution is 2.05. The summed E-state index contributed by atoms with van der Waals surface area (Å²) in [6.45, 7) is 0.712. The zero-order valence-corrected chi connectivity index (χ0v) is 12.0. The van der Waals surface area contributed by atoms with Gasteiger partial charge in [-0.15, -0.1) is 0 Å². The first-order chi connectivity index (χ1) is 9.38. The van der Waals surface area contributed by atoms with Crippen LogP contribution in [0.15, 0.2) is 24.3 Å². The summed E-state index contributed by atoms with van der Waals surface area (Å²) in [5.41, 5.74) is 0.922. The van der Waals surface area contributed by atoms with Crippen LogP contribution in [0.4, 0.5) is 4.39 Å². The van der Waals surface area contributed by atoms with Gasteiger partial charge in [0.05, 0.1) is 13.1 Å². The molecule has 0 radical (unpaired) electrons. The van der Waals surface area contributed by atoms with Gasteiger partial charge >= 0.3 is 0 Å². The Morgan fingerprint density at radius 1 is 1.15 bits per heavy atom. The van der Waals surface area contributed by atoms with Crippen LogP contribution in [0, 0.1) is 5.82 Å². The lowest BCUT2D eigenvalue weighted by Gasteiger charge is -2.17. The van der Waals surface area contributed by atoms with E-state index in [2.05, 4.69) is 5.32 Å². The summed E-state index contributed by atoms with van der Waals surface area (Å²) in [7, 11) is 5.06. The first-order valence-electron chi connectivity index (χ1n) is 6.28. The first kappa shape index (κ1) is 16.1.